The Hall–Kier alpha value is -3.07. The quantitative estimate of drug-likeness (QED) is 0.0568. The Labute approximate surface area is 196 Å². The fraction of sp³-hybridized carbons (Fsp3) is 0.667. The molecule has 188 valence electrons. The van der Waals surface area contributed by atoms with Gasteiger partial charge in [-0.1, -0.05) is 0 Å². The molecule has 0 spiro atoms. The van der Waals surface area contributed by atoms with Gasteiger partial charge in [-0.25, -0.2) is 4.79 Å². The van der Waals surface area contributed by atoms with Crippen molar-refractivity contribution in [3.63, 3.8) is 0 Å². The van der Waals surface area contributed by atoms with E-state index in [9.17, 15) is 29.1 Å². The molecule has 12 N–H and O–H groups in total. The van der Waals surface area contributed by atoms with Gasteiger partial charge in [-0.2, -0.15) is 11.8 Å². The second-order valence-corrected chi connectivity index (χ2v) is 8.06. The maximum atomic E-state index is 12.6. The highest BCUT2D eigenvalue weighted by molar-refractivity contribution is 7.98. The minimum Gasteiger partial charge on any atom is -0.480 e. The first-order chi connectivity index (χ1) is 15.5. The number of carbonyl (C=O) groups excluding carboxylic acids is 4. The predicted octanol–water partition coefficient (Wildman–Crippen LogP) is -3.44. The first-order valence-corrected chi connectivity index (χ1v) is 11.6. The summed E-state index contributed by atoms with van der Waals surface area (Å²) in [5, 5.41) is 16.4. The lowest BCUT2D eigenvalue weighted by Crippen LogP contribution is -2.54. The van der Waals surface area contributed by atoms with E-state index in [2.05, 4.69) is 20.9 Å². The van der Waals surface area contributed by atoms with Gasteiger partial charge in [0.15, 0.2) is 5.96 Å². The molecule has 15 heteroatoms. The molecule has 14 nitrogen and oxygen atoms in total. The van der Waals surface area contributed by atoms with E-state index in [1.165, 1.54) is 11.8 Å². The highest BCUT2D eigenvalue weighted by atomic mass is 32.2. The average molecular weight is 491 g/mol. The number of nitrogens with zero attached hydrogens (tertiary/aromatic N) is 1. The van der Waals surface area contributed by atoms with Crippen molar-refractivity contribution in [2.24, 2.45) is 27.9 Å². The van der Waals surface area contributed by atoms with Gasteiger partial charge in [0.2, 0.25) is 23.6 Å². The van der Waals surface area contributed by atoms with E-state index in [0.29, 0.717) is 12.2 Å². The molecule has 0 saturated heterocycles. The standard InChI is InChI=1S/C18H34N8O6S/c1-33-8-6-10(19)15(29)24-9-14(28)25-11(4-5-13(20)27)16(30)26-12(17(31)32)3-2-7-23-18(21)22/h10-12H,2-9,19H2,1H3,(H2,20,27)(H,24,29)(H,25,28)(H,26,30)(H,31,32)(H4,21,22,23). The molecule has 4 amide bonds. The summed E-state index contributed by atoms with van der Waals surface area (Å²) in [5.74, 6) is -3.53. The number of hydrogen-bond acceptors (Lipinski definition) is 8. The van der Waals surface area contributed by atoms with Crippen LogP contribution in [0.3, 0.4) is 0 Å². The first-order valence-electron chi connectivity index (χ1n) is 10.2. The maximum absolute atomic E-state index is 12.6. The number of aliphatic carboxylic acids is 1. The summed E-state index contributed by atoms with van der Waals surface area (Å²) < 4.78 is 0. The summed E-state index contributed by atoms with van der Waals surface area (Å²) in [6.45, 7) is -0.282. The molecule has 3 atom stereocenters. The molecular formula is C18H34N8O6S. The molecule has 0 aromatic carbocycles. The van der Waals surface area contributed by atoms with Crippen molar-refractivity contribution in [3.05, 3.63) is 0 Å². The lowest BCUT2D eigenvalue weighted by atomic mass is 10.1. The van der Waals surface area contributed by atoms with E-state index in [-0.39, 0.29) is 38.2 Å². The Morgan fingerprint density at radius 1 is 0.970 bits per heavy atom. The van der Waals surface area contributed by atoms with Crippen LogP contribution in [0.15, 0.2) is 4.99 Å². The third-order valence-electron chi connectivity index (χ3n) is 4.28. The monoisotopic (exact) mass is 490 g/mol. The number of primary amides is 1. The fourth-order valence-electron chi connectivity index (χ4n) is 2.51. The molecule has 0 aromatic heterocycles. The zero-order chi connectivity index (χ0) is 25.4. The van der Waals surface area contributed by atoms with E-state index in [1.807, 2.05) is 6.26 Å². The summed E-state index contributed by atoms with van der Waals surface area (Å²) in [7, 11) is 0. The van der Waals surface area contributed by atoms with Gasteiger partial charge >= 0.3 is 5.97 Å². The lowest BCUT2D eigenvalue weighted by Gasteiger charge is -2.21. The summed E-state index contributed by atoms with van der Waals surface area (Å²) in [6.07, 6.45) is 2.21. The SMILES string of the molecule is CSCCC(N)C(=O)NCC(=O)NC(CCC(N)=O)C(=O)NC(CCCN=C(N)N)C(=O)O. The Kier molecular flexibility index (Phi) is 15.0. The van der Waals surface area contributed by atoms with Gasteiger partial charge in [0.05, 0.1) is 12.6 Å². The molecule has 3 unspecified atom stereocenters. The molecule has 0 radical (unpaired) electrons. The van der Waals surface area contributed by atoms with Crippen molar-refractivity contribution < 1.29 is 29.1 Å². The van der Waals surface area contributed by atoms with Crippen molar-refractivity contribution >= 4 is 47.3 Å². The van der Waals surface area contributed by atoms with Crippen molar-refractivity contribution in [3.8, 4) is 0 Å². The van der Waals surface area contributed by atoms with E-state index < -0.39 is 54.3 Å². The number of carbonyl (C=O) groups is 5. The zero-order valence-corrected chi connectivity index (χ0v) is 19.4. The summed E-state index contributed by atoms with van der Waals surface area (Å²) in [6, 6.07) is -3.30. The van der Waals surface area contributed by atoms with Gasteiger partial charge < -0.3 is 44.0 Å². The maximum Gasteiger partial charge on any atom is 0.326 e. The van der Waals surface area contributed by atoms with Gasteiger partial charge in [-0.3, -0.25) is 24.2 Å². The van der Waals surface area contributed by atoms with E-state index >= 15 is 0 Å². The second kappa shape index (κ2) is 16.5. The second-order valence-electron chi connectivity index (χ2n) is 7.08. The van der Waals surface area contributed by atoms with E-state index in [0.717, 1.165) is 0 Å². The van der Waals surface area contributed by atoms with Crippen molar-refractivity contribution in [1.82, 2.24) is 16.0 Å². The number of rotatable bonds is 17. The molecule has 0 aliphatic carbocycles. The van der Waals surface area contributed by atoms with Crippen LogP contribution in [0.5, 0.6) is 0 Å². The van der Waals surface area contributed by atoms with Gasteiger partial charge in [-0.15, -0.1) is 0 Å². The van der Waals surface area contributed by atoms with Gasteiger partial charge in [0.1, 0.15) is 12.1 Å². The number of carboxylic acids is 1. The molecule has 0 bridgehead atoms. The van der Waals surface area contributed by atoms with Crippen LogP contribution in [0.1, 0.15) is 32.1 Å². The Bertz CT molecular complexity index is 716. The lowest BCUT2D eigenvalue weighted by molar-refractivity contribution is -0.142. The Morgan fingerprint density at radius 3 is 2.18 bits per heavy atom. The summed E-state index contributed by atoms with van der Waals surface area (Å²) >= 11 is 1.52. The smallest absolute Gasteiger partial charge is 0.326 e. The molecule has 0 heterocycles. The minimum atomic E-state index is -1.29. The van der Waals surface area contributed by atoms with Crippen molar-refractivity contribution in [2.75, 3.05) is 25.1 Å². The number of guanidine groups is 1. The van der Waals surface area contributed by atoms with Gasteiger partial charge in [0, 0.05) is 13.0 Å². The third kappa shape index (κ3) is 14.6. The number of carboxylic acid groups (broad SMARTS) is 1. The first kappa shape index (κ1) is 29.9. The van der Waals surface area contributed by atoms with Crippen molar-refractivity contribution in [2.45, 2.75) is 50.2 Å². The van der Waals surface area contributed by atoms with E-state index in [1.54, 1.807) is 0 Å². The summed E-state index contributed by atoms with van der Waals surface area (Å²) in [5.41, 5.74) is 21.2. The van der Waals surface area contributed by atoms with Gasteiger partial charge in [0.25, 0.3) is 0 Å². The number of hydrogen-bond donors (Lipinski definition) is 8. The topological polar surface area (TPSA) is 258 Å². The Morgan fingerprint density at radius 2 is 1.64 bits per heavy atom. The molecule has 0 aromatic rings. The number of nitrogens with two attached hydrogens (primary N) is 4. The zero-order valence-electron chi connectivity index (χ0n) is 18.5. The Balaban J connectivity index is 4.95. The average Bonchev–Trinajstić information content (AvgIpc) is 2.74. The normalized spacial score (nSPS) is 13.2. The molecule has 0 fully saturated rings. The molecule has 0 aliphatic heterocycles. The minimum absolute atomic E-state index is 0.0261. The highest BCUT2D eigenvalue weighted by Crippen LogP contribution is 2.03. The van der Waals surface area contributed by atoms with Crippen LogP contribution in [-0.4, -0.2) is 83.9 Å². The summed E-state index contributed by atoms with van der Waals surface area (Å²) in [4.78, 5) is 63.1. The van der Waals surface area contributed by atoms with Crippen LogP contribution in [0, 0.1) is 0 Å². The van der Waals surface area contributed by atoms with Crippen LogP contribution < -0.4 is 38.9 Å². The number of amides is 4. The fourth-order valence-corrected chi connectivity index (χ4v) is 3.00. The van der Waals surface area contributed by atoms with Crippen LogP contribution in [0.4, 0.5) is 0 Å². The van der Waals surface area contributed by atoms with Crippen LogP contribution in [0.2, 0.25) is 0 Å². The predicted molar refractivity (Wildman–Crippen MR) is 124 cm³/mol. The highest BCUT2D eigenvalue weighted by Gasteiger charge is 2.27. The number of aliphatic imine (C=N–C) groups is 1. The molecular weight excluding hydrogens is 456 g/mol. The van der Waals surface area contributed by atoms with Crippen LogP contribution in [-0.2, 0) is 24.0 Å². The van der Waals surface area contributed by atoms with Crippen molar-refractivity contribution in [1.29, 1.82) is 0 Å². The van der Waals surface area contributed by atoms with Gasteiger partial charge in [-0.05, 0) is 37.7 Å². The number of nitrogens with one attached hydrogen (secondary N) is 3. The largest absolute Gasteiger partial charge is 0.480 e. The number of thioether (sulfide) groups is 1. The van der Waals surface area contributed by atoms with E-state index in [4.69, 9.17) is 22.9 Å². The van der Waals surface area contributed by atoms with Crippen LogP contribution in [0.25, 0.3) is 0 Å². The molecule has 0 saturated carbocycles. The molecule has 0 aliphatic rings. The van der Waals surface area contributed by atoms with Crippen LogP contribution >= 0.6 is 11.8 Å². The molecule has 33 heavy (non-hydrogen) atoms. The third-order valence-corrected chi connectivity index (χ3v) is 4.93. The molecule has 0 rings (SSSR count).